The maximum atomic E-state index is 13.1. The molecule has 17 heavy (non-hydrogen) atoms. The molecule has 0 N–H and O–H groups in total. The standard InChI is InChI=1S/C14H22FNS/c1-2-16(10-5-3-4-6-11-17)14-9-7-8-13(15)12-14/h7-9,12,17H,2-6,10-11H2,1H3. The molecule has 1 nitrogen and oxygen atoms in total. The van der Waals surface area contributed by atoms with Crippen molar-refractivity contribution in [3.63, 3.8) is 0 Å². The van der Waals surface area contributed by atoms with Crippen molar-refractivity contribution < 1.29 is 4.39 Å². The molecule has 96 valence electrons. The number of hydrogen-bond donors (Lipinski definition) is 1. The molecule has 0 aliphatic carbocycles. The van der Waals surface area contributed by atoms with E-state index in [9.17, 15) is 4.39 Å². The molecule has 1 aromatic rings. The van der Waals surface area contributed by atoms with Gasteiger partial charge in [0.05, 0.1) is 0 Å². The van der Waals surface area contributed by atoms with Gasteiger partial charge in [0.2, 0.25) is 0 Å². The van der Waals surface area contributed by atoms with Crippen molar-refractivity contribution in [1.82, 2.24) is 0 Å². The largest absolute Gasteiger partial charge is 0.372 e. The third-order valence-electron chi connectivity index (χ3n) is 2.89. The van der Waals surface area contributed by atoms with Crippen LogP contribution in [0.5, 0.6) is 0 Å². The van der Waals surface area contributed by atoms with Gasteiger partial charge in [-0.1, -0.05) is 18.9 Å². The van der Waals surface area contributed by atoms with Crippen molar-refractivity contribution in [2.24, 2.45) is 0 Å². The van der Waals surface area contributed by atoms with E-state index in [0.29, 0.717) is 0 Å². The first-order valence-corrected chi connectivity index (χ1v) is 7.02. The Morgan fingerprint density at radius 1 is 1.18 bits per heavy atom. The summed E-state index contributed by atoms with van der Waals surface area (Å²) >= 11 is 4.20. The molecule has 0 saturated carbocycles. The lowest BCUT2D eigenvalue weighted by atomic mass is 10.2. The van der Waals surface area contributed by atoms with Gasteiger partial charge in [-0.3, -0.25) is 0 Å². The van der Waals surface area contributed by atoms with Crippen molar-refractivity contribution in [1.29, 1.82) is 0 Å². The fraction of sp³-hybridized carbons (Fsp3) is 0.571. The molecular weight excluding hydrogens is 233 g/mol. The highest BCUT2D eigenvalue weighted by molar-refractivity contribution is 7.80. The van der Waals surface area contributed by atoms with E-state index in [0.717, 1.165) is 31.0 Å². The monoisotopic (exact) mass is 255 g/mol. The molecule has 0 aliphatic rings. The van der Waals surface area contributed by atoms with Crippen LogP contribution in [0.2, 0.25) is 0 Å². The molecule has 0 aliphatic heterocycles. The van der Waals surface area contributed by atoms with E-state index < -0.39 is 0 Å². The highest BCUT2D eigenvalue weighted by Gasteiger charge is 2.04. The molecule has 0 aromatic heterocycles. The van der Waals surface area contributed by atoms with E-state index in [1.807, 2.05) is 6.07 Å². The van der Waals surface area contributed by atoms with Gasteiger partial charge in [-0.2, -0.15) is 12.6 Å². The smallest absolute Gasteiger partial charge is 0.125 e. The van der Waals surface area contributed by atoms with Crippen molar-refractivity contribution in [2.45, 2.75) is 32.6 Å². The molecule has 0 amide bonds. The van der Waals surface area contributed by atoms with Gasteiger partial charge in [0, 0.05) is 18.8 Å². The van der Waals surface area contributed by atoms with Crippen LogP contribution in [0.4, 0.5) is 10.1 Å². The number of benzene rings is 1. The number of hydrogen-bond acceptors (Lipinski definition) is 2. The predicted molar refractivity (Wildman–Crippen MR) is 76.6 cm³/mol. The molecule has 0 heterocycles. The molecule has 0 bridgehead atoms. The van der Waals surface area contributed by atoms with Crippen molar-refractivity contribution >= 4 is 18.3 Å². The van der Waals surface area contributed by atoms with Crippen LogP contribution in [0.3, 0.4) is 0 Å². The zero-order valence-electron chi connectivity index (χ0n) is 10.5. The second-order valence-electron chi connectivity index (χ2n) is 4.20. The Bertz CT molecular complexity index is 317. The maximum absolute atomic E-state index is 13.1. The Hall–Kier alpha value is -0.700. The first-order valence-electron chi connectivity index (χ1n) is 6.39. The van der Waals surface area contributed by atoms with Crippen LogP contribution in [0.25, 0.3) is 0 Å². The Kier molecular flexibility index (Phi) is 7.10. The molecule has 0 fully saturated rings. The highest BCUT2D eigenvalue weighted by atomic mass is 32.1. The fourth-order valence-electron chi connectivity index (χ4n) is 1.91. The van der Waals surface area contributed by atoms with Crippen LogP contribution < -0.4 is 4.90 Å². The summed E-state index contributed by atoms with van der Waals surface area (Å²) in [4.78, 5) is 2.23. The van der Waals surface area contributed by atoms with Gasteiger partial charge in [0.1, 0.15) is 5.82 Å². The van der Waals surface area contributed by atoms with Gasteiger partial charge in [-0.25, -0.2) is 4.39 Å². The summed E-state index contributed by atoms with van der Waals surface area (Å²) in [5.41, 5.74) is 0.988. The van der Waals surface area contributed by atoms with Crippen LogP contribution in [0.15, 0.2) is 24.3 Å². The van der Waals surface area contributed by atoms with Crippen LogP contribution in [-0.4, -0.2) is 18.8 Å². The van der Waals surface area contributed by atoms with Gasteiger partial charge in [-0.15, -0.1) is 0 Å². The minimum absolute atomic E-state index is 0.156. The Morgan fingerprint density at radius 2 is 1.94 bits per heavy atom. The van der Waals surface area contributed by atoms with Crippen molar-refractivity contribution in [2.75, 3.05) is 23.7 Å². The SMILES string of the molecule is CCN(CCCCCCS)c1cccc(F)c1. The third kappa shape index (κ3) is 5.44. The first-order chi connectivity index (χ1) is 8.27. The lowest BCUT2D eigenvalue weighted by Crippen LogP contribution is -2.23. The summed E-state index contributed by atoms with van der Waals surface area (Å²) in [6.45, 7) is 4.04. The number of anilines is 1. The lowest BCUT2D eigenvalue weighted by Gasteiger charge is -2.23. The van der Waals surface area contributed by atoms with Crippen LogP contribution in [0, 0.1) is 5.82 Å². The fourth-order valence-corrected chi connectivity index (χ4v) is 2.13. The van der Waals surface area contributed by atoms with E-state index in [1.54, 1.807) is 12.1 Å². The van der Waals surface area contributed by atoms with Crippen LogP contribution >= 0.6 is 12.6 Å². The summed E-state index contributed by atoms with van der Waals surface area (Å²) in [7, 11) is 0. The average Bonchev–Trinajstić information content (AvgIpc) is 2.34. The van der Waals surface area contributed by atoms with Gasteiger partial charge in [0.15, 0.2) is 0 Å². The number of thiol groups is 1. The zero-order chi connectivity index (χ0) is 12.5. The number of nitrogens with zero attached hydrogens (tertiary/aromatic N) is 1. The molecule has 0 unspecified atom stereocenters. The normalized spacial score (nSPS) is 10.5. The highest BCUT2D eigenvalue weighted by Crippen LogP contribution is 2.16. The molecule has 0 spiro atoms. The lowest BCUT2D eigenvalue weighted by molar-refractivity contribution is 0.623. The Morgan fingerprint density at radius 3 is 2.59 bits per heavy atom. The molecular formula is C14H22FNS. The van der Waals surface area contributed by atoms with Gasteiger partial charge < -0.3 is 4.90 Å². The number of unbranched alkanes of at least 4 members (excludes halogenated alkanes) is 3. The second kappa shape index (κ2) is 8.40. The third-order valence-corrected chi connectivity index (χ3v) is 3.21. The van der Waals surface area contributed by atoms with E-state index in [-0.39, 0.29) is 5.82 Å². The molecule has 3 heteroatoms. The van der Waals surface area contributed by atoms with Crippen molar-refractivity contribution in [3.05, 3.63) is 30.1 Å². The van der Waals surface area contributed by atoms with Gasteiger partial charge in [-0.05, 0) is 43.7 Å². The topological polar surface area (TPSA) is 3.24 Å². The average molecular weight is 255 g/mol. The molecule has 1 aromatic carbocycles. The minimum atomic E-state index is -0.156. The quantitative estimate of drug-likeness (QED) is 0.539. The minimum Gasteiger partial charge on any atom is -0.372 e. The molecule has 0 radical (unpaired) electrons. The Labute approximate surface area is 109 Å². The number of rotatable bonds is 8. The van der Waals surface area contributed by atoms with Crippen LogP contribution in [-0.2, 0) is 0 Å². The Balaban J connectivity index is 2.38. The summed E-state index contributed by atoms with van der Waals surface area (Å²) in [5.74, 6) is 0.817. The summed E-state index contributed by atoms with van der Waals surface area (Å²) in [6, 6.07) is 6.84. The van der Waals surface area contributed by atoms with Gasteiger partial charge in [0.25, 0.3) is 0 Å². The zero-order valence-corrected chi connectivity index (χ0v) is 11.4. The second-order valence-corrected chi connectivity index (χ2v) is 4.64. The van der Waals surface area contributed by atoms with Crippen LogP contribution in [0.1, 0.15) is 32.6 Å². The van der Waals surface area contributed by atoms with E-state index in [2.05, 4.69) is 24.5 Å². The first kappa shape index (κ1) is 14.4. The molecule has 0 saturated heterocycles. The van der Waals surface area contributed by atoms with E-state index in [4.69, 9.17) is 0 Å². The van der Waals surface area contributed by atoms with Gasteiger partial charge >= 0.3 is 0 Å². The number of halogens is 1. The molecule has 1 rings (SSSR count). The van der Waals surface area contributed by atoms with Crippen molar-refractivity contribution in [3.8, 4) is 0 Å². The summed E-state index contributed by atoms with van der Waals surface area (Å²) < 4.78 is 13.1. The summed E-state index contributed by atoms with van der Waals surface area (Å²) in [6.07, 6.45) is 4.82. The predicted octanol–water partition coefficient (Wildman–Crippen LogP) is 4.14. The van der Waals surface area contributed by atoms with E-state index >= 15 is 0 Å². The maximum Gasteiger partial charge on any atom is 0.125 e. The summed E-state index contributed by atoms with van der Waals surface area (Å²) in [5, 5.41) is 0. The van der Waals surface area contributed by atoms with E-state index in [1.165, 1.54) is 25.3 Å². The molecule has 0 atom stereocenters.